The highest BCUT2D eigenvalue weighted by Gasteiger charge is 2.23. The summed E-state index contributed by atoms with van der Waals surface area (Å²) in [6.45, 7) is 4.35. The van der Waals surface area contributed by atoms with E-state index in [2.05, 4.69) is 13.8 Å². The van der Waals surface area contributed by atoms with Gasteiger partial charge in [0.1, 0.15) is 0 Å². The topological polar surface area (TPSA) is 17.1 Å². The SMILES string of the molecule is CC(C)C1CCCCS1=O. The van der Waals surface area contributed by atoms with E-state index >= 15 is 0 Å². The molecule has 1 rings (SSSR count). The first-order chi connectivity index (χ1) is 4.72. The summed E-state index contributed by atoms with van der Waals surface area (Å²) < 4.78 is 11.3. The summed E-state index contributed by atoms with van der Waals surface area (Å²) in [5.74, 6) is 1.56. The van der Waals surface area contributed by atoms with Gasteiger partial charge in [-0.1, -0.05) is 20.3 Å². The second-order valence-corrected chi connectivity index (χ2v) is 5.14. The maximum atomic E-state index is 11.3. The fourth-order valence-corrected chi connectivity index (χ4v) is 3.34. The molecule has 2 atom stereocenters. The lowest BCUT2D eigenvalue weighted by molar-refractivity contribution is 0.514. The van der Waals surface area contributed by atoms with Crippen LogP contribution >= 0.6 is 0 Å². The molecule has 10 heavy (non-hydrogen) atoms. The highest BCUT2D eigenvalue weighted by Crippen LogP contribution is 2.21. The van der Waals surface area contributed by atoms with Gasteiger partial charge in [-0.3, -0.25) is 4.21 Å². The van der Waals surface area contributed by atoms with E-state index in [1.807, 2.05) is 0 Å². The Morgan fingerprint density at radius 2 is 2.10 bits per heavy atom. The minimum Gasteiger partial charge on any atom is -0.259 e. The van der Waals surface area contributed by atoms with E-state index in [1.165, 1.54) is 19.3 Å². The van der Waals surface area contributed by atoms with Crippen LogP contribution in [0.15, 0.2) is 0 Å². The monoisotopic (exact) mass is 160 g/mol. The van der Waals surface area contributed by atoms with Crippen molar-refractivity contribution < 1.29 is 4.21 Å². The van der Waals surface area contributed by atoms with Crippen LogP contribution in [0.3, 0.4) is 0 Å². The van der Waals surface area contributed by atoms with Crippen molar-refractivity contribution in [3.8, 4) is 0 Å². The van der Waals surface area contributed by atoms with Crippen LogP contribution < -0.4 is 0 Å². The van der Waals surface area contributed by atoms with Gasteiger partial charge >= 0.3 is 0 Å². The average molecular weight is 160 g/mol. The minimum absolute atomic E-state index is 0.494. The van der Waals surface area contributed by atoms with Gasteiger partial charge < -0.3 is 0 Å². The van der Waals surface area contributed by atoms with Gasteiger partial charge in [-0.25, -0.2) is 0 Å². The highest BCUT2D eigenvalue weighted by atomic mass is 32.2. The first kappa shape index (κ1) is 8.25. The zero-order valence-electron chi connectivity index (χ0n) is 6.80. The van der Waals surface area contributed by atoms with Crippen LogP contribution in [0.2, 0.25) is 0 Å². The standard InChI is InChI=1S/C8H16OS/c1-7(2)8-5-3-4-6-10(8)9/h7-8H,3-6H2,1-2H3. The van der Waals surface area contributed by atoms with Gasteiger partial charge in [0.15, 0.2) is 0 Å². The first-order valence-electron chi connectivity index (χ1n) is 4.09. The van der Waals surface area contributed by atoms with Crippen molar-refractivity contribution in [2.45, 2.75) is 38.4 Å². The fourth-order valence-electron chi connectivity index (χ4n) is 1.51. The first-order valence-corrected chi connectivity index (χ1v) is 5.47. The quantitative estimate of drug-likeness (QED) is 0.573. The molecule has 1 fully saturated rings. The Morgan fingerprint density at radius 1 is 1.40 bits per heavy atom. The normalized spacial score (nSPS) is 34.7. The molecule has 0 N–H and O–H groups in total. The predicted octanol–water partition coefficient (Wildman–Crippen LogP) is 1.94. The third-order valence-electron chi connectivity index (χ3n) is 2.17. The van der Waals surface area contributed by atoms with E-state index in [1.54, 1.807) is 0 Å². The van der Waals surface area contributed by atoms with E-state index < -0.39 is 10.8 Å². The Kier molecular flexibility index (Phi) is 2.90. The van der Waals surface area contributed by atoms with Crippen LogP contribution in [0.1, 0.15) is 33.1 Å². The van der Waals surface area contributed by atoms with Gasteiger partial charge in [0.2, 0.25) is 0 Å². The zero-order chi connectivity index (χ0) is 7.56. The molecule has 60 valence electrons. The minimum atomic E-state index is -0.508. The summed E-state index contributed by atoms with van der Waals surface area (Å²) in [7, 11) is -0.508. The molecule has 0 aromatic rings. The van der Waals surface area contributed by atoms with Crippen LogP contribution in [-0.2, 0) is 10.8 Å². The molecule has 0 radical (unpaired) electrons. The third-order valence-corrected chi connectivity index (χ3v) is 4.31. The molecule has 0 saturated carbocycles. The molecule has 0 aromatic heterocycles. The lowest BCUT2D eigenvalue weighted by Crippen LogP contribution is -2.27. The van der Waals surface area contributed by atoms with Crippen molar-refractivity contribution in [2.75, 3.05) is 5.75 Å². The molecule has 1 saturated heterocycles. The number of hydrogen-bond acceptors (Lipinski definition) is 1. The second kappa shape index (κ2) is 3.51. The maximum absolute atomic E-state index is 11.3. The summed E-state index contributed by atoms with van der Waals surface area (Å²) in [6.07, 6.45) is 3.65. The Bertz CT molecular complexity index is 131. The summed E-state index contributed by atoms with van der Waals surface area (Å²) in [5, 5.41) is 0.494. The summed E-state index contributed by atoms with van der Waals surface area (Å²) >= 11 is 0. The molecule has 0 bridgehead atoms. The van der Waals surface area contributed by atoms with Crippen LogP contribution in [-0.4, -0.2) is 15.2 Å². The van der Waals surface area contributed by atoms with Gasteiger partial charge in [-0.2, -0.15) is 0 Å². The fraction of sp³-hybridized carbons (Fsp3) is 1.00. The van der Waals surface area contributed by atoms with Gasteiger partial charge in [0, 0.05) is 21.8 Å². The highest BCUT2D eigenvalue weighted by molar-refractivity contribution is 7.85. The molecule has 0 aromatic carbocycles. The third kappa shape index (κ3) is 1.82. The lowest BCUT2D eigenvalue weighted by Gasteiger charge is -2.24. The largest absolute Gasteiger partial charge is 0.259 e. The molecule has 2 unspecified atom stereocenters. The van der Waals surface area contributed by atoms with Crippen LogP contribution in [0.4, 0.5) is 0 Å². The van der Waals surface area contributed by atoms with E-state index in [-0.39, 0.29) is 0 Å². The number of rotatable bonds is 1. The number of hydrogen-bond donors (Lipinski definition) is 0. The van der Waals surface area contributed by atoms with Crippen molar-refractivity contribution in [3.63, 3.8) is 0 Å². The smallest absolute Gasteiger partial charge is 0.0370 e. The molecule has 1 aliphatic heterocycles. The lowest BCUT2D eigenvalue weighted by atomic mass is 10.0. The van der Waals surface area contributed by atoms with E-state index in [0.29, 0.717) is 11.2 Å². The van der Waals surface area contributed by atoms with Crippen molar-refractivity contribution in [1.82, 2.24) is 0 Å². The molecule has 0 spiro atoms. The molecule has 1 aliphatic rings. The molecule has 0 aliphatic carbocycles. The molecule has 1 nitrogen and oxygen atoms in total. The average Bonchev–Trinajstić information content (AvgIpc) is 1.88. The van der Waals surface area contributed by atoms with Gasteiger partial charge in [-0.05, 0) is 18.8 Å². The van der Waals surface area contributed by atoms with E-state index in [4.69, 9.17) is 0 Å². The van der Waals surface area contributed by atoms with E-state index in [9.17, 15) is 4.21 Å². The van der Waals surface area contributed by atoms with Crippen molar-refractivity contribution in [3.05, 3.63) is 0 Å². The zero-order valence-corrected chi connectivity index (χ0v) is 7.62. The summed E-state index contributed by atoms with van der Waals surface area (Å²) in [4.78, 5) is 0. The Labute approximate surface area is 65.7 Å². The van der Waals surface area contributed by atoms with Gasteiger partial charge in [0.25, 0.3) is 0 Å². The Hall–Kier alpha value is 0.150. The molecule has 1 heterocycles. The van der Waals surface area contributed by atoms with Crippen molar-refractivity contribution in [2.24, 2.45) is 5.92 Å². The van der Waals surface area contributed by atoms with Crippen molar-refractivity contribution >= 4 is 10.8 Å². The van der Waals surface area contributed by atoms with Crippen molar-refractivity contribution in [1.29, 1.82) is 0 Å². The predicted molar refractivity (Wildman–Crippen MR) is 45.5 cm³/mol. The molecule has 2 heteroatoms. The van der Waals surface area contributed by atoms with Gasteiger partial charge in [0.05, 0.1) is 0 Å². The Balaban J connectivity index is 2.48. The molecule has 0 amide bonds. The summed E-state index contributed by atoms with van der Waals surface area (Å²) in [6, 6.07) is 0. The van der Waals surface area contributed by atoms with Crippen LogP contribution in [0, 0.1) is 5.92 Å². The second-order valence-electron chi connectivity index (χ2n) is 3.36. The summed E-state index contributed by atoms with van der Waals surface area (Å²) in [5.41, 5.74) is 0. The Morgan fingerprint density at radius 3 is 2.50 bits per heavy atom. The van der Waals surface area contributed by atoms with Crippen LogP contribution in [0.25, 0.3) is 0 Å². The van der Waals surface area contributed by atoms with Crippen LogP contribution in [0.5, 0.6) is 0 Å². The molecular formula is C8H16OS. The van der Waals surface area contributed by atoms with E-state index in [0.717, 1.165) is 5.75 Å². The van der Waals surface area contributed by atoms with Gasteiger partial charge in [-0.15, -0.1) is 0 Å². The maximum Gasteiger partial charge on any atom is 0.0370 e. The molecular weight excluding hydrogens is 144 g/mol.